The summed E-state index contributed by atoms with van der Waals surface area (Å²) in [5.41, 5.74) is 2.13. The quantitative estimate of drug-likeness (QED) is 0.485. The predicted octanol–water partition coefficient (Wildman–Crippen LogP) is 3.44. The smallest absolute Gasteiger partial charge is 0 e. The molecule has 0 amide bonds. The van der Waals surface area contributed by atoms with Crippen LogP contribution in [-0.2, 0) is 26.2 Å². The van der Waals surface area contributed by atoms with Gasteiger partial charge < -0.3 is 0 Å². The maximum Gasteiger partial charge on any atom is 0 e. The van der Waals surface area contributed by atoms with E-state index in [-0.39, 0.29) is 26.2 Å². The van der Waals surface area contributed by atoms with Gasteiger partial charge in [-0.1, -0.05) is 24.3 Å². The van der Waals surface area contributed by atoms with Crippen molar-refractivity contribution in [1.82, 2.24) is 0 Å². The minimum Gasteiger partial charge on any atom is -0.273 e. The number of allylic oxidation sites excluding steroid dienone is 6. The molecule has 0 fully saturated rings. The average molecular weight is 238 g/mol. The van der Waals surface area contributed by atoms with Gasteiger partial charge in [-0.25, -0.2) is 12.2 Å². The maximum atomic E-state index is 3.66. The van der Waals surface area contributed by atoms with Crippen LogP contribution in [0.3, 0.4) is 0 Å². The van der Waals surface area contributed by atoms with Gasteiger partial charge in [-0.15, -0.1) is 6.42 Å². The second kappa shape index (κ2) is 8.94. The average Bonchev–Trinajstić information content (AvgIpc) is 2.41. The molecule has 0 spiro atoms. The van der Waals surface area contributed by atoms with E-state index in [1.54, 1.807) is 0 Å². The monoisotopic (exact) mass is 237 g/mol. The van der Waals surface area contributed by atoms with Crippen molar-refractivity contribution < 1.29 is 26.2 Å². The van der Waals surface area contributed by atoms with Crippen LogP contribution in [0, 0.1) is 6.08 Å². The standard InChI is InChI=1S/C6H10.C5H5.Zr/c1-5(2)6(3)4;1-2-4-5-3-1;/h1,3H2,2,4H3;1-3H,4H2;/q;-1;. The van der Waals surface area contributed by atoms with Crippen molar-refractivity contribution in [2.45, 2.75) is 20.3 Å². The first-order valence-electron chi connectivity index (χ1n) is 3.67. The molecule has 1 heteroatoms. The number of hydrogen-bond donors (Lipinski definition) is 0. The molecular weight excluding hydrogens is 223 g/mol. The van der Waals surface area contributed by atoms with E-state index in [9.17, 15) is 0 Å². The fourth-order valence-corrected chi connectivity index (χ4v) is 0.340. The van der Waals surface area contributed by atoms with E-state index in [4.69, 9.17) is 0 Å². The van der Waals surface area contributed by atoms with E-state index < -0.39 is 0 Å². The van der Waals surface area contributed by atoms with Gasteiger partial charge in [0, 0.05) is 26.2 Å². The Hall–Kier alpha value is -0.157. The molecule has 0 aromatic rings. The third-order valence-electron chi connectivity index (χ3n) is 1.31. The topological polar surface area (TPSA) is 0 Å². The van der Waals surface area contributed by atoms with E-state index in [1.807, 2.05) is 26.0 Å². The van der Waals surface area contributed by atoms with Crippen molar-refractivity contribution in [1.29, 1.82) is 0 Å². The molecule has 1 aliphatic rings. The third kappa shape index (κ3) is 9.84. The van der Waals surface area contributed by atoms with Gasteiger partial charge in [0.1, 0.15) is 0 Å². The molecule has 12 heavy (non-hydrogen) atoms. The summed E-state index contributed by atoms with van der Waals surface area (Å²) in [6.07, 6.45) is 10.0. The molecule has 0 radical (unpaired) electrons. The maximum absolute atomic E-state index is 3.66. The molecule has 0 nitrogen and oxygen atoms in total. The van der Waals surface area contributed by atoms with E-state index in [1.165, 1.54) is 0 Å². The first-order chi connectivity index (χ1) is 5.14. The van der Waals surface area contributed by atoms with Crippen LogP contribution in [-0.4, -0.2) is 0 Å². The summed E-state index contributed by atoms with van der Waals surface area (Å²) in [5.74, 6) is 0. The van der Waals surface area contributed by atoms with Crippen LogP contribution in [0.5, 0.6) is 0 Å². The Bertz CT molecular complexity index is 175. The minimum absolute atomic E-state index is 0. The molecule has 0 aromatic carbocycles. The van der Waals surface area contributed by atoms with E-state index in [0.717, 1.165) is 17.6 Å². The third-order valence-corrected chi connectivity index (χ3v) is 1.31. The molecule has 0 saturated heterocycles. The molecule has 1 rings (SSSR count). The van der Waals surface area contributed by atoms with Crippen molar-refractivity contribution in [3.05, 3.63) is 48.6 Å². The van der Waals surface area contributed by atoms with Crippen LogP contribution >= 0.6 is 0 Å². The van der Waals surface area contributed by atoms with Gasteiger partial charge in [0.15, 0.2) is 0 Å². The van der Waals surface area contributed by atoms with Crippen LogP contribution in [0.4, 0.5) is 0 Å². The van der Waals surface area contributed by atoms with E-state index in [0.29, 0.717) is 0 Å². The van der Waals surface area contributed by atoms with Crippen molar-refractivity contribution >= 4 is 0 Å². The van der Waals surface area contributed by atoms with Crippen LogP contribution in [0.2, 0.25) is 0 Å². The van der Waals surface area contributed by atoms with Crippen LogP contribution < -0.4 is 0 Å². The Kier molecular flexibility index (Phi) is 10.7. The molecule has 0 heterocycles. The summed E-state index contributed by atoms with van der Waals surface area (Å²) in [5, 5.41) is 0. The summed E-state index contributed by atoms with van der Waals surface area (Å²) in [4.78, 5) is 0. The van der Waals surface area contributed by atoms with Gasteiger partial charge in [0.05, 0.1) is 0 Å². The molecule has 64 valence electrons. The van der Waals surface area contributed by atoms with Crippen molar-refractivity contribution in [2.24, 2.45) is 0 Å². The zero-order valence-electron chi connectivity index (χ0n) is 7.85. The first-order valence-corrected chi connectivity index (χ1v) is 3.67. The van der Waals surface area contributed by atoms with Crippen molar-refractivity contribution in [2.75, 3.05) is 0 Å². The Morgan fingerprint density at radius 3 is 1.83 bits per heavy atom. The van der Waals surface area contributed by atoms with Gasteiger partial charge >= 0.3 is 0 Å². The molecular formula is C11H15Zr-. The fraction of sp³-hybridized carbons (Fsp3) is 0.273. The largest absolute Gasteiger partial charge is 0.273 e. The molecule has 0 atom stereocenters. The number of hydrogen-bond acceptors (Lipinski definition) is 0. The van der Waals surface area contributed by atoms with Crippen LogP contribution in [0.25, 0.3) is 0 Å². The van der Waals surface area contributed by atoms with Gasteiger partial charge in [-0.2, -0.15) is 6.08 Å². The van der Waals surface area contributed by atoms with Crippen LogP contribution in [0.1, 0.15) is 20.3 Å². The SMILES string of the molecule is C=C(C)C(=C)C.[C-]1=CC=CC1.[Zr]. The second-order valence-corrected chi connectivity index (χ2v) is 2.56. The van der Waals surface area contributed by atoms with Crippen molar-refractivity contribution in [3.8, 4) is 0 Å². The molecule has 0 N–H and O–H groups in total. The normalized spacial score (nSPS) is 11.2. The summed E-state index contributed by atoms with van der Waals surface area (Å²) >= 11 is 0. The minimum atomic E-state index is 0. The first kappa shape index (κ1) is 14.4. The fourth-order valence-electron chi connectivity index (χ4n) is 0.340. The Balaban J connectivity index is 0. The van der Waals surface area contributed by atoms with Gasteiger partial charge in [0.2, 0.25) is 0 Å². The summed E-state index contributed by atoms with van der Waals surface area (Å²) in [6, 6.07) is 0. The van der Waals surface area contributed by atoms with Crippen molar-refractivity contribution in [3.63, 3.8) is 0 Å². The Labute approximate surface area is 94.9 Å². The Morgan fingerprint density at radius 2 is 1.75 bits per heavy atom. The van der Waals surface area contributed by atoms with Gasteiger partial charge in [-0.05, 0) is 13.8 Å². The van der Waals surface area contributed by atoms with E-state index in [2.05, 4.69) is 25.3 Å². The summed E-state index contributed by atoms with van der Waals surface area (Å²) in [7, 11) is 0. The predicted molar refractivity (Wildman–Crippen MR) is 51.2 cm³/mol. The number of rotatable bonds is 1. The zero-order chi connectivity index (χ0) is 8.69. The molecule has 0 saturated carbocycles. The molecule has 0 aliphatic heterocycles. The second-order valence-electron chi connectivity index (χ2n) is 2.56. The van der Waals surface area contributed by atoms with E-state index >= 15 is 0 Å². The zero-order valence-corrected chi connectivity index (χ0v) is 10.3. The molecule has 0 bridgehead atoms. The van der Waals surface area contributed by atoms with Crippen LogP contribution in [0.15, 0.2) is 42.5 Å². The summed E-state index contributed by atoms with van der Waals surface area (Å²) in [6.45, 7) is 11.2. The summed E-state index contributed by atoms with van der Waals surface area (Å²) < 4.78 is 0. The molecule has 1 aliphatic carbocycles. The molecule has 0 aromatic heterocycles. The molecule has 0 unspecified atom stereocenters. The van der Waals surface area contributed by atoms with Gasteiger partial charge in [-0.3, -0.25) is 6.08 Å². The Morgan fingerprint density at radius 1 is 1.25 bits per heavy atom. The van der Waals surface area contributed by atoms with Gasteiger partial charge in [0.25, 0.3) is 0 Å².